The van der Waals surface area contributed by atoms with Gasteiger partial charge in [0, 0.05) is 12.5 Å². The molecule has 0 atom stereocenters. The van der Waals surface area contributed by atoms with Gasteiger partial charge in [-0.05, 0) is 30.2 Å². The van der Waals surface area contributed by atoms with E-state index in [1.54, 1.807) is 24.3 Å². The second-order valence-electron chi connectivity index (χ2n) is 5.24. The van der Waals surface area contributed by atoms with Crippen LogP contribution < -0.4 is 14.2 Å². The Morgan fingerprint density at radius 3 is 2.48 bits per heavy atom. The molecule has 0 radical (unpaired) electrons. The molecule has 0 unspecified atom stereocenters. The number of ether oxygens (including phenoxy) is 3. The van der Waals surface area contributed by atoms with Crippen molar-refractivity contribution in [1.82, 2.24) is 0 Å². The normalized spacial score (nSPS) is 10.7. The minimum Gasteiger partial charge on any atom is -0.504 e. The van der Waals surface area contributed by atoms with E-state index >= 15 is 0 Å². The molecule has 2 aromatic carbocycles. The Morgan fingerprint density at radius 1 is 1.08 bits per heavy atom. The van der Waals surface area contributed by atoms with Gasteiger partial charge in [0.25, 0.3) is 0 Å². The minimum atomic E-state index is -0.416. The van der Waals surface area contributed by atoms with E-state index in [0.717, 1.165) is 11.1 Å². The molecule has 0 saturated carbocycles. The number of hydrogen-bond donors (Lipinski definition) is 2. The van der Waals surface area contributed by atoms with E-state index in [2.05, 4.69) is 0 Å². The predicted molar refractivity (Wildman–Crippen MR) is 93.4 cm³/mol. The van der Waals surface area contributed by atoms with Crippen LogP contribution in [-0.4, -0.2) is 30.4 Å². The summed E-state index contributed by atoms with van der Waals surface area (Å²) in [5.74, 6) is 0.138. The van der Waals surface area contributed by atoms with Gasteiger partial charge in [0.2, 0.25) is 5.75 Å². The lowest BCUT2D eigenvalue weighted by Crippen LogP contribution is -2.03. The Bertz CT molecular complexity index is 795. The second-order valence-corrected chi connectivity index (χ2v) is 5.24. The van der Waals surface area contributed by atoms with Crippen molar-refractivity contribution in [1.29, 1.82) is 0 Å². The zero-order valence-electron chi connectivity index (χ0n) is 14.3. The number of rotatable bonds is 6. The van der Waals surface area contributed by atoms with Crippen molar-refractivity contribution in [2.75, 3.05) is 14.2 Å². The summed E-state index contributed by atoms with van der Waals surface area (Å²) in [7, 11) is 2.93. The molecule has 0 saturated heterocycles. The van der Waals surface area contributed by atoms with Crippen LogP contribution in [0.4, 0.5) is 0 Å². The fraction of sp³-hybridized carbons (Fsp3) is 0.211. The average Bonchev–Trinajstić information content (AvgIpc) is 2.59. The predicted octanol–water partition coefficient (Wildman–Crippen LogP) is 3.30. The molecule has 0 bridgehead atoms. The SMILES string of the molecule is COc1cc(/C=C/Cc2ccc(O)c(O)c2OC)ccc1OC(C)=O. The molecule has 25 heavy (non-hydrogen) atoms. The van der Waals surface area contributed by atoms with E-state index < -0.39 is 5.97 Å². The smallest absolute Gasteiger partial charge is 0.308 e. The Balaban J connectivity index is 2.18. The van der Waals surface area contributed by atoms with E-state index in [9.17, 15) is 15.0 Å². The highest BCUT2D eigenvalue weighted by Gasteiger charge is 2.11. The first-order valence-electron chi connectivity index (χ1n) is 7.57. The van der Waals surface area contributed by atoms with Gasteiger partial charge in [-0.15, -0.1) is 0 Å². The van der Waals surface area contributed by atoms with Gasteiger partial charge in [0.05, 0.1) is 14.2 Å². The van der Waals surface area contributed by atoms with E-state index in [1.807, 2.05) is 12.2 Å². The maximum absolute atomic E-state index is 11.1. The summed E-state index contributed by atoms with van der Waals surface area (Å²) in [6.07, 6.45) is 4.24. The number of carbonyl (C=O) groups excluding carboxylic acids is 1. The van der Waals surface area contributed by atoms with Crippen LogP contribution in [-0.2, 0) is 11.2 Å². The molecule has 0 amide bonds. The number of esters is 1. The molecule has 6 heteroatoms. The van der Waals surface area contributed by atoms with Crippen molar-refractivity contribution in [3.63, 3.8) is 0 Å². The summed E-state index contributed by atoms with van der Waals surface area (Å²) in [5.41, 5.74) is 1.59. The monoisotopic (exact) mass is 344 g/mol. The zero-order chi connectivity index (χ0) is 18.4. The summed E-state index contributed by atoms with van der Waals surface area (Å²) >= 11 is 0. The highest BCUT2D eigenvalue weighted by Crippen LogP contribution is 2.38. The number of phenols is 2. The van der Waals surface area contributed by atoms with Crippen LogP contribution in [0.3, 0.4) is 0 Å². The summed E-state index contributed by atoms with van der Waals surface area (Å²) in [6.45, 7) is 1.33. The maximum Gasteiger partial charge on any atom is 0.308 e. The Morgan fingerprint density at radius 2 is 1.84 bits per heavy atom. The fourth-order valence-electron chi connectivity index (χ4n) is 2.34. The number of aromatic hydroxyl groups is 2. The number of methoxy groups -OCH3 is 2. The van der Waals surface area contributed by atoms with Gasteiger partial charge in [0.1, 0.15) is 0 Å². The number of allylic oxidation sites excluding steroid dienone is 1. The maximum atomic E-state index is 11.1. The molecule has 2 rings (SSSR count). The van der Waals surface area contributed by atoms with Crippen LogP contribution >= 0.6 is 0 Å². The third-order valence-electron chi connectivity index (χ3n) is 3.49. The van der Waals surface area contributed by atoms with E-state index in [4.69, 9.17) is 14.2 Å². The third-order valence-corrected chi connectivity index (χ3v) is 3.49. The summed E-state index contributed by atoms with van der Waals surface area (Å²) in [4.78, 5) is 11.1. The first-order chi connectivity index (χ1) is 12.0. The quantitative estimate of drug-likeness (QED) is 0.475. The molecule has 0 heterocycles. The Labute approximate surface area is 145 Å². The van der Waals surface area contributed by atoms with Gasteiger partial charge >= 0.3 is 5.97 Å². The van der Waals surface area contributed by atoms with Gasteiger partial charge in [-0.2, -0.15) is 0 Å². The van der Waals surface area contributed by atoms with Crippen LogP contribution in [0, 0.1) is 0 Å². The van der Waals surface area contributed by atoms with Gasteiger partial charge < -0.3 is 24.4 Å². The van der Waals surface area contributed by atoms with Crippen molar-refractivity contribution >= 4 is 12.0 Å². The van der Waals surface area contributed by atoms with Crippen molar-refractivity contribution in [2.45, 2.75) is 13.3 Å². The first kappa shape index (κ1) is 18.2. The largest absolute Gasteiger partial charge is 0.504 e. The van der Waals surface area contributed by atoms with Gasteiger partial charge in [0.15, 0.2) is 23.0 Å². The average molecular weight is 344 g/mol. The summed E-state index contributed by atoms with van der Waals surface area (Å²) in [6, 6.07) is 8.30. The van der Waals surface area contributed by atoms with Gasteiger partial charge in [-0.1, -0.05) is 24.3 Å². The van der Waals surface area contributed by atoms with Crippen LogP contribution in [0.15, 0.2) is 36.4 Å². The lowest BCUT2D eigenvalue weighted by atomic mass is 10.1. The molecule has 0 aromatic heterocycles. The number of benzene rings is 2. The number of phenolic OH excluding ortho intramolecular Hbond substituents is 2. The fourth-order valence-corrected chi connectivity index (χ4v) is 2.34. The molecule has 2 N–H and O–H groups in total. The van der Waals surface area contributed by atoms with Crippen molar-refractivity contribution in [3.8, 4) is 28.7 Å². The van der Waals surface area contributed by atoms with E-state index in [0.29, 0.717) is 17.9 Å². The molecule has 0 aliphatic heterocycles. The van der Waals surface area contributed by atoms with E-state index in [1.165, 1.54) is 27.2 Å². The molecular weight excluding hydrogens is 324 g/mol. The highest BCUT2D eigenvalue weighted by atomic mass is 16.6. The van der Waals surface area contributed by atoms with E-state index in [-0.39, 0.29) is 17.2 Å². The summed E-state index contributed by atoms with van der Waals surface area (Å²) in [5, 5.41) is 19.3. The zero-order valence-corrected chi connectivity index (χ0v) is 14.3. The lowest BCUT2D eigenvalue weighted by Gasteiger charge is -2.10. The number of hydrogen-bond acceptors (Lipinski definition) is 6. The van der Waals surface area contributed by atoms with Gasteiger partial charge in [-0.25, -0.2) is 0 Å². The van der Waals surface area contributed by atoms with Gasteiger partial charge in [-0.3, -0.25) is 4.79 Å². The van der Waals surface area contributed by atoms with Crippen molar-refractivity contribution in [3.05, 3.63) is 47.5 Å². The second kappa shape index (κ2) is 8.10. The van der Waals surface area contributed by atoms with Crippen LogP contribution in [0.25, 0.3) is 6.08 Å². The van der Waals surface area contributed by atoms with Crippen LogP contribution in [0.5, 0.6) is 28.7 Å². The first-order valence-corrected chi connectivity index (χ1v) is 7.57. The number of carbonyl (C=O) groups is 1. The standard InChI is InChI=1S/C19H20O6/c1-12(20)25-16-10-7-13(11-17(16)23-2)5-4-6-14-8-9-15(21)18(22)19(14)24-3/h4-5,7-11,21-22H,6H2,1-3H3/b5-4+. The Kier molecular flexibility index (Phi) is 5.89. The molecule has 2 aromatic rings. The van der Waals surface area contributed by atoms with Crippen LogP contribution in [0.1, 0.15) is 18.1 Å². The topological polar surface area (TPSA) is 85.2 Å². The summed E-state index contributed by atoms with van der Waals surface area (Å²) < 4.78 is 15.4. The highest BCUT2D eigenvalue weighted by molar-refractivity contribution is 5.71. The van der Waals surface area contributed by atoms with Crippen molar-refractivity contribution < 1.29 is 29.2 Å². The molecule has 6 nitrogen and oxygen atoms in total. The van der Waals surface area contributed by atoms with Crippen LogP contribution in [0.2, 0.25) is 0 Å². The molecule has 0 fully saturated rings. The molecule has 0 aliphatic carbocycles. The lowest BCUT2D eigenvalue weighted by molar-refractivity contribution is -0.132. The molecule has 132 valence electrons. The van der Waals surface area contributed by atoms with Crippen molar-refractivity contribution in [2.24, 2.45) is 0 Å². The molecular formula is C19H20O6. The minimum absolute atomic E-state index is 0.227. The third kappa shape index (κ3) is 4.44. The molecule has 0 aliphatic rings. The molecule has 0 spiro atoms. The Hall–Kier alpha value is -3.15.